The maximum atomic E-state index is 9.54. The van der Waals surface area contributed by atoms with Gasteiger partial charge in [-0.15, -0.1) is 0 Å². The van der Waals surface area contributed by atoms with E-state index in [1.807, 2.05) is 0 Å². The second-order valence-electron chi connectivity index (χ2n) is 3.51. The zero-order valence-corrected chi connectivity index (χ0v) is 10.1. The van der Waals surface area contributed by atoms with Crippen LogP contribution in [-0.2, 0) is 11.3 Å². The van der Waals surface area contributed by atoms with Gasteiger partial charge < -0.3 is 19.3 Å². The van der Waals surface area contributed by atoms with E-state index in [4.69, 9.17) is 14.2 Å². The summed E-state index contributed by atoms with van der Waals surface area (Å²) in [5.74, 6) is 1.33. The molecule has 1 unspecified atom stereocenters. The molecule has 1 N–H and O–H groups in total. The Balaban J connectivity index is 3.25. The molecule has 0 fully saturated rings. The molecule has 0 aromatic heterocycles. The van der Waals surface area contributed by atoms with Crippen LogP contribution in [0.5, 0.6) is 11.5 Å². The van der Waals surface area contributed by atoms with E-state index in [0.29, 0.717) is 18.1 Å². The molecular weight excluding hydrogens is 208 g/mol. The van der Waals surface area contributed by atoms with Crippen molar-refractivity contribution in [2.24, 2.45) is 0 Å². The summed E-state index contributed by atoms with van der Waals surface area (Å²) in [7, 11) is 4.78. The third kappa shape index (κ3) is 2.65. The van der Waals surface area contributed by atoms with Crippen molar-refractivity contribution in [2.45, 2.75) is 19.6 Å². The fourth-order valence-electron chi connectivity index (χ4n) is 1.53. The van der Waals surface area contributed by atoms with E-state index in [9.17, 15) is 5.11 Å². The van der Waals surface area contributed by atoms with Gasteiger partial charge in [-0.3, -0.25) is 0 Å². The Kier molecular flexibility index (Phi) is 4.58. The summed E-state index contributed by atoms with van der Waals surface area (Å²) in [6.45, 7) is 2.11. The standard InChI is InChI=1S/C12H18O4/c1-8(13)9-5-11(15-3)10(7-14-2)12(6-9)16-4/h5-6,8,13H,7H2,1-4H3. The average molecular weight is 226 g/mol. The lowest BCUT2D eigenvalue weighted by molar-refractivity contribution is 0.176. The van der Waals surface area contributed by atoms with Gasteiger partial charge >= 0.3 is 0 Å². The summed E-state index contributed by atoms with van der Waals surface area (Å²) in [6, 6.07) is 3.59. The first-order chi connectivity index (χ1) is 7.63. The molecule has 1 aromatic rings. The summed E-state index contributed by atoms with van der Waals surface area (Å²) >= 11 is 0. The van der Waals surface area contributed by atoms with Crippen LogP contribution in [0.3, 0.4) is 0 Å². The summed E-state index contributed by atoms with van der Waals surface area (Å²) < 4.78 is 15.6. The van der Waals surface area contributed by atoms with Gasteiger partial charge in [0.2, 0.25) is 0 Å². The molecule has 0 radical (unpaired) electrons. The van der Waals surface area contributed by atoms with Crippen LogP contribution in [0, 0.1) is 0 Å². The van der Waals surface area contributed by atoms with Crippen LogP contribution in [-0.4, -0.2) is 26.4 Å². The zero-order valence-electron chi connectivity index (χ0n) is 10.1. The quantitative estimate of drug-likeness (QED) is 0.833. The molecule has 0 aliphatic heterocycles. The second kappa shape index (κ2) is 5.72. The first-order valence-electron chi connectivity index (χ1n) is 5.05. The average Bonchev–Trinajstić information content (AvgIpc) is 2.29. The monoisotopic (exact) mass is 226 g/mol. The molecule has 0 saturated carbocycles. The van der Waals surface area contributed by atoms with Gasteiger partial charge in [0, 0.05) is 7.11 Å². The molecular formula is C12H18O4. The molecule has 0 saturated heterocycles. The van der Waals surface area contributed by atoms with Gasteiger partial charge in [-0.25, -0.2) is 0 Å². The van der Waals surface area contributed by atoms with Crippen molar-refractivity contribution in [1.82, 2.24) is 0 Å². The van der Waals surface area contributed by atoms with E-state index < -0.39 is 6.10 Å². The summed E-state index contributed by atoms with van der Waals surface area (Å²) in [4.78, 5) is 0. The van der Waals surface area contributed by atoms with Gasteiger partial charge in [0.25, 0.3) is 0 Å². The maximum Gasteiger partial charge on any atom is 0.128 e. The number of benzene rings is 1. The lowest BCUT2D eigenvalue weighted by atomic mass is 10.1. The predicted molar refractivity (Wildman–Crippen MR) is 60.9 cm³/mol. The molecule has 4 heteroatoms. The Morgan fingerprint density at radius 2 is 1.62 bits per heavy atom. The first kappa shape index (κ1) is 12.8. The SMILES string of the molecule is COCc1c(OC)cc(C(C)O)cc1OC. The summed E-state index contributed by atoms with van der Waals surface area (Å²) in [5, 5.41) is 9.54. The molecule has 90 valence electrons. The van der Waals surface area contributed by atoms with Crippen molar-refractivity contribution < 1.29 is 19.3 Å². The Bertz CT molecular complexity index is 322. The van der Waals surface area contributed by atoms with Crippen molar-refractivity contribution in [1.29, 1.82) is 0 Å². The van der Waals surface area contributed by atoms with Crippen LogP contribution < -0.4 is 9.47 Å². The van der Waals surface area contributed by atoms with Crippen molar-refractivity contribution >= 4 is 0 Å². The van der Waals surface area contributed by atoms with E-state index >= 15 is 0 Å². The second-order valence-corrected chi connectivity index (χ2v) is 3.51. The molecule has 0 aliphatic carbocycles. The number of hydrogen-bond donors (Lipinski definition) is 1. The zero-order chi connectivity index (χ0) is 12.1. The molecule has 0 amide bonds. The Hall–Kier alpha value is -1.26. The highest BCUT2D eigenvalue weighted by molar-refractivity contribution is 5.48. The number of rotatable bonds is 5. The smallest absolute Gasteiger partial charge is 0.128 e. The van der Waals surface area contributed by atoms with E-state index in [1.165, 1.54) is 0 Å². The van der Waals surface area contributed by atoms with E-state index in [-0.39, 0.29) is 0 Å². The molecule has 1 rings (SSSR count). The molecule has 0 spiro atoms. The third-order valence-corrected chi connectivity index (χ3v) is 2.40. The number of methoxy groups -OCH3 is 3. The minimum absolute atomic E-state index is 0.409. The molecule has 0 bridgehead atoms. The van der Waals surface area contributed by atoms with Gasteiger partial charge in [0.05, 0.1) is 32.5 Å². The Morgan fingerprint density at radius 1 is 1.12 bits per heavy atom. The summed E-state index contributed by atoms with van der Waals surface area (Å²) in [6.07, 6.45) is -0.556. The molecule has 1 atom stereocenters. The van der Waals surface area contributed by atoms with Crippen LogP contribution in [0.15, 0.2) is 12.1 Å². The molecule has 1 aromatic carbocycles. The maximum absolute atomic E-state index is 9.54. The topological polar surface area (TPSA) is 47.9 Å². The largest absolute Gasteiger partial charge is 0.496 e. The van der Waals surface area contributed by atoms with Crippen LogP contribution in [0.4, 0.5) is 0 Å². The fourth-order valence-corrected chi connectivity index (χ4v) is 1.53. The highest BCUT2D eigenvalue weighted by Crippen LogP contribution is 2.33. The van der Waals surface area contributed by atoms with Crippen molar-refractivity contribution in [3.05, 3.63) is 23.3 Å². The van der Waals surface area contributed by atoms with Gasteiger partial charge in [0.1, 0.15) is 11.5 Å². The van der Waals surface area contributed by atoms with E-state index in [0.717, 1.165) is 11.1 Å². The molecule has 16 heavy (non-hydrogen) atoms. The van der Waals surface area contributed by atoms with Crippen molar-refractivity contribution in [3.63, 3.8) is 0 Å². The minimum Gasteiger partial charge on any atom is -0.496 e. The lowest BCUT2D eigenvalue weighted by Crippen LogP contribution is -2.01. The Morgan fingerprint density at radius 3 is 1.94 bits per heavy atom. The highest BCUT2D eigenvalue weighted by atomic mass is 16.5. The van der Waals surface area contributed by atoms with Gasteiger partial charge in [-0.2, -0.15) is 0 Å². The fraction of sp³-hybridized carbons (Fsp3) is 0.500. The van der Waals surface area contributed by atoms with Crippen molar-refractivity contribution in [3.8, 4) is 11.5 Å². The van der Waals surface area contributed by atoms with Crippen LogP contribution in [0.25, 0.3) is 0 Å². The lowest BCUT2D eigenvalue weighted by Gasteiger charge is -2.15. The highest BCUT2D eigenvalue weighted by Gasteiger charge is 2.14. The number of hydrogen-bond acceptors (Lipinski definition) is 4. The third-order valence-electron chi connectivity index (χ3n) is 2.40. The molecule has 4 nitrogen and oxygen atoms in total. The van der Waals surface area contributed by atoms with Crippen molar-refractivity contribution in [2.75, 3.05) is 21.3 Å². The first-order valence-corrected chi connectivity index (χ1v) is 5.05. The van der Waals surface area contributed by atoms with E-state index in [2.05, 4.69) is 0 Å². The van der Waals surface area contributed by atoms with Gasteiger partial charge in [-0.05, 0) is 24.6 Å². The normalized spacial score (nSPS) is 12.3. The van der Waals surface area contributed by atoms with Gasteiger partial charge in [-0.1, -0.05) is 0 Å². The van der Waals surface area contributed by atoms with Crippen LogP contribution in [0.1, 0.15) is 24.2 Å². The minimum atomic E-state index is -0.556. The predicted octanol–water partition coefficient (Wildman–Crippen LogP) is 1.90. The van der Waals surface area contributed by atoms with Gasteiger partial charge in [0.15, 0.2) is 0 Å². The van der Waals surface area contributed by atoms with Crippen LogP contribution >= 0.6 is 0 Å². The number of ether oxygens (including phenoxy) is 3. The summed E-state index contributed by atoms with van der Waals surface area (Å²) in [5.41, 5.74) is 1.60. The van der Waals surface area contributed by atoms with Crippen LogP contribution in [0.2, 0.25) is 0 Å². The van der Waals surface area contributed by atoms with E-state index in [1.54, 1.807) is 40.4 Å². The Labute approximate surface area is 95.8 Å². The number of aliphatic hydroxyl groups excluding tert-OH is 1. The number of aliphatic hydroxyl groups is 1. The molecule has 0 heterocycles. The molecule has 0 aliphatic rings.